The van der Waals surface area contributed by atoms with E-state index in [0.717, 1.165) is 4.47 Å². The first kappa shape index (κ1) is 13.5. The highest BCUT2D eigenvalue weighted by Crippen LogP contribution is 2.29. The van der Waals surface area contributed by atoms with Gasteiger partial charge in [-0.2, -0.15) is 0 Å². The van der Waals surface area contributed by atoms with Gasteiger partial charge in [-0.3, -0.25) is 0 Å². The van der Waals surface area contributed by atoms with Crippen LogP contribution < -0.4 is 0 Å². The summed E-state index contributed by atoms with van der Waals surface area (Å²) in [6.45, 7) is 2.13. The Morgan fingerprint density at radius 2 is 1.05 bits per heavy atom. The average Bonchev–Trinajstić information content (AvgIpc) is 2.54. The Kier molecular flexibility index (Phi) is 3.24. The smallest absolute Gasteiger partial charge is 0.0181 e. The minimum Gasteiger partial charge on any atom is -0.0587 e. The van der Waals surface area contributed by atoms with E-state index in [2.05, 4.69) is 95.7 Å². The van der Waals surface area contributed by atoms with Crippen LogP contribution in [0.3, 0.4) is 0 Å². The summed E-state index contributed by atoms with van der Waals surface area (Å²) < 4.78 is 1.12. The van der Waals surface area contributed by atoms with Gasteiger partial charge in [0.2, 0.25) is 0 Å². The van der Waals surface area contributed by atoms with Crippen molar-refractivity contribution in [3.63, 3.8) is 0 Å². The van der Waals surface area contributed by atoms with E-state index in [-0.39, 0.29) is 0 Å². The van der Waals surface area contributed by atoms with Crippen molar-refractivity contribution in [3.8, 4) is 11.1 Å². The molecule has 4 aromatic carbocycles. The topological polar surface area (TPSA) is 0 Å². The third-order valence-electron chi connectivity index (χ3n) is 4.13. The second kappa shape index (κ2) is 5.26. The standard InChI is InChI=1S/C21H15Br/c1-14-2-3-16-11-17(5-4-15(16)10-14)18-6-7-20-13-21(22)9-8-19(20)12-18/h2-13H,1H3. The molecule has 0 aromatic heterocycles. The molecule has 0 unspecified atom stereocenters. The highest BCUT2D eigenvalue weighted by molar-refractivity contribution is 9.10. The van der Waals surface area contributed by atoms with Crippen molar-refractivity contribution < 1.29 is 0 Å². The van der Waals surface area contributed by atoms with Gasteiger partial charge in [0, 0.05) is 4.47 Å². The number of halogens is 1. The fraction of sp³-hybridized carbons (Fsp3) is 0.0476. The van der Waals surface area contributed by atoms with E-state index < -0.39 is 0 Å². The maximum atomic E-state index is 3.53. The first-order valence-corrected chi connectivity index (χ1v) is 8.18. The third-order valence-corrected chi connectivity index (χ3v) is 4.62. The molecule has 0 aliphatic rings. The molecule has 0 amide bonds. The van der Waals surface area contributed by atoms with Gasteiger partial charge in [0.1, 0.15) is 0 Å². The molecule has 0 aliphatic carbocycles. The molecule has 0 N–H and O–H groups in total. The SMILES string of the molecule is Cc1ccc2cc(-c3ccc4cc(Br)ccc4c3)ccc2c1. The van der Waals surface area contributed by atoms with Gasteiger partial charge in [-0.25, -0.2) is 0 Å². The Hall–Kier alpha value is -2.12. The van der Waals surface area contributed by atoms with Gasteiger partial charge in [0.15, 0.2) is 0 Å². The summed E-state index contributed by atoms with van der Waals surface area (Å²) >= 11 is 3.53. The van der Waals surface area contributed by atoms with Crippen LogP contribution in [0.4, 0.5) is 0 Å². The van der Waals surface area contributed by atoms with E-state index in [9.17, 15) is 0 Å². The molecule has 0 atom stereocenters. The number of hydrogen-bond acceptors (Lipinski definition) is 0. The lowest BCUT2D eigenvalue weighted by atomic mass is 9.98. The fourth-order valence-electron chi connectivity index (χ4n) is 2.94. The minimum atomic E-state index is 1.12. The Labute approximate surface area is 138 Å². The summed E-state index contributed by atoms with van der Waals surface area (Å²) in [5.74, 6) is 0. The van der Waals surface area contributed by atoms with Crippen molar-refractivity contribution in [1.29, 1.82) is 0 Å². The number of aryl methyl sites for hydroxylation is 1. The van der Waals surface area contributed by atoms with Crippen molar-refractivity contribution in [2.24, 2.45) is 0 Å². The van der Waals surface area contributed by atoms with Crippen LogP contribution in [0.25, 0.3) is 32.7 Å². The molecule has 1 heteroatoms. The number of benzene rings is 4. The molecule has 0 spiro atoms. The Balaban J connectivity index is 1.87. The van der Waals surface area contributed by atoms with Crippen LogP contribution >= 0.6 is 15.9 Å². The molecule has 0 aliphatic heterocycles. The normalized spacial score (nSPS) is 11.2. The van der Waals surface area contributed by atoms with Crippen LogP contribution in [0.5, 0.6) is 0 Å². The largest absolute Gasteiger partial charge is 0.0587 e. The first-order chi connectivity index (χ1) is 10.7. The second-order valence-corrected chi connectivity index (χ2v) is 6.69. The number of fused-ring (bicyclic) bond motifs is 2. The molecule has 0 heterocycles. The highest BCUT2D eigenvalue weighted by Gasteiger charge is 2.02. The Morgan fingerprint density at radius 1 is 0.545 bits per heavy atom. The average molecular weight is 347 g/mol. The van der Waals surface area contributed by atoms with E-state index in [1.54, 1.807) is 0 Å². The van der Waals surface area contributed by atoms with Crippen molar-refractivity contribution in [1.82, 2.24) is 0 Å². The van der Waals surface area contributed by atoms with Gasteiger partial charge in [-0.1, -0.05) is 70.0 Å². The van der Waals surface area contributed by atoms with Gasteiger partial charge in [-0.15, -0.1) is 0 Å². The maximum Gasteiger partial charge on any atom is 0.0181 e. The predicted octanol–water partition coefficient (Wildman–Crippen LogP) is 6.73. The van der Waals surface area contributed by atoms with Crippen molar-refractivity contribution >= 4 is 37.5 Å². The summed E-state index contributed by atoms with van der Waals surface area (Å²) in [5, 5.41) is 5.12. The van der Waals surface area contributed by atoms with Crippen molar-refractivity contribution in [2.75, 3.05) is 0 Å². The predicted molar refractivity (Wildman–Crippen MR) is 99.3 cm³/mol. The van der Waals surface area contributed by atoms with Crippen LogP contribution in [-0.2, 0) is 0 Å². The molecule has 0 nitrogen and oxygen atoms in total. The zero-order chi connectivity index (χ0) is 15.1. The zero-order valence-electron chi connectivity index (χ0n) is 12.3. The van der Waals surface area contributed by atoms with Crippen LogP contribution in [0.1, 0.15) is 5.56 Å². The van der Waals surface area contributed by atoms with E-state index in [0.29, 0.717) is 0 Å². The highest BCUT2D eigenvalue weighted by atomic mass is 79.9. The molecule has 0 radical (unpaired) electrons. The van der Waals surface area contributed by atoms with Crippen LogP contribution in [0.2, 0.25) is 0 Å². The van der Waals surface area contributed by atoms with Crippen molar-refractivity contribution in [3.05, 3.63) is 82.8 Å². The molecule has 4 rings (SSSR count). The number of rotatable bonds is 1. The van der Waals surface area contributed by atoms with Gasteiger partial charge in [-0.05, 0) is 63.9 Å². The Morgan fingerprint density at radius 3 is 1.73 bits per heavy atom. The fourth-order valence-corrected chi connectivity index (χ4v) is 3.32. The summed E-state index contributed by atoms with van der Waals surface area (Å²) in [6.07, 6.45) is 0. The van der Waals surface area contributed by atoms with Crippen LogP contribution in [-0.4, -0.2) is 0 Å². The molecule has 0 bridgehead atoms. The lowest BCUT2D eigenvalue weighted by molar-refractivity contribution is 1.50. The second-order valence-electron chi connectivity index (χ2n) is 5.77. The van der Waals surface area contributed by atoms with Gasteiger partial charge in [0.25, 0.3) is 0 Å². The zero-order valence-corrected chi connectivity index (χ0v) is 13.9. The molecular formula is C21H15Br. The maximum absolute atomic E-state index is 3.53. The molecule has 0 fully saturated rings. The number of hydrogen-bond donors (Lipinski definition) is 0. The summed E-state index contributed by atoms with van der Waals surface area (Å²) in [6, 6.07) is 26.4. The van der Waals surface area contributed by atoms with E-state index >= 15 is 0 Å². The molecule has 106 valence electrons. The molecule has 0 saturated heterocycles. The Bertz CT molecular complexity index is 916. The molecule has 0 saturated carbocycles. The summed E-state index contributed by atoms with van der Waals surface area (Å²) in [7, 11) is 0. The molecular weight excluding hydrogens is 332 g/mol. The molecule has 22 heavy (non-hydrogen) atoms. The summed E-state index contributed by atoms with van der Waals surface area (Å²) in [4.78, 5) is 0. The molecule has 4 aromatic rings. The van der Waals surface area contributed by atoms with Gasteiger partial charge in [0.05, 0.1) is 0 Å². The minimum absolute atomic E-state index is 1.12. The first-order valence-electron chi connectivity index (χ1n) is 7.39. The van der Waals surface area contributed by atoms with E-state index in [1.165, 1.54) is 38.2 Å². The lowest BCUT2D eigenvalue weighted by Crippen LogP contribution is -1.81. The van der Waals surface area contributed by atoms with Gasteiger partial charge < -0.3 is 0 Å². The third kappa shape index (κ3) is 2.42. The van der Waals surface area contributed by atoms with E-state index in [4.69, 9.17) is 0 Å². The van der Waals surface area contributed by atoms with Crippen LogP contribution in [0, 0.1) is 6.92 Å². The van der Waals surface area contributed by atoms with E-state index in [1.807, 2.05) is 0 Å². The van der Waals surface area contributed by atoms with Crippen molar-refractivity contribution in [2.45, 2.75) is 6.92 Å². The summed E-state index contributed by atoms with van der Waals surface area (Å²) in [5.41, 5.74) is 3.83. The quantitative estimate of drug-likeness (QED) is 0.358. The van der Waals surface area contributed by atoms with Crippen LogP contribution in [0.15, 0.2) is 77.3 Å². The van der Waals surface area contributed by atoms with Gasteiger partial charge >= 0.3 is 0 Å². The lowest BCUT2D eigenvalue weighted by Gasteiger charge is -2.07. The monoisotopic (exact) mass is 346 g/mol.